The van der Waals surface area contributed by atoms with Gasteiger partial charge in [0, 0.05) is 31.6 Å². The Hall–Kier alpha value is -1.32. The summed E-state index contributed by atoms with van der Waals surface area (Å²) in [7, 11) is 0. The highest BCUT2D eigenvalue weighted by molar-refractivity contribution is 5.50. The normalized spacial score (nSPS) is 22.7. The second-order valence-electron chi connectivity index (χ2n) is 6.90. The molecular weight excluding hydrogens is 260 g/mol. The molecule has 1 saturated heterocycles. The Morgan fingerprint density at radius 3 is 2.48 bits per heavy atom. The first kappa shape index (κ1) is 16.1. The fourth-order valence-corrected chi connectivity index (χ4v) is 3.07. The molecule has 21 heavy (non-hydrogen) atoms. The van der Waals surface area contributed by atoms with Crippen LogP contribution in [0.4, 0.5) is 11.6 Å². The maximum Gasteiger partial charge on any atom is 0.135 e. The molecule has 118 valence electrons. The van der Waals surface area contributed by atoms with Crippen LogP contribution in [-0.4, -0.2) is 29.6 Å². The minimum Gasteiger partial charge on any atom is -0.370 e. The van der Waals surface area contributed by atoms with E-state index in [1.54, 1.807) is 0 Å². The van der Waals surface area contributed by atoms with Crippen LogP contribution in [0.15, 0.2) is 6.07 Å². The fourth-order valence-electron chi connectivity index (χ4n) is 3.07. The van der Waals surface area contributed by atoms with Gasteiger partial charge in [-0.25, -0.2) is 9.97 Å². The van der Waals surface area contributed by atoms with Crippen LogP contribution in [0.2, 0.25) is 0 Å². The van der Waals surface area contributed by atoms with Gasteiger partial charge in [0.25, 0.3) is 0 Å². The third-order valence-electron chi connectivity index (χ3n) is 4.00. The summed E-state index contributed by atoms with van der Waals surface area (Å²) >= 11 is 0. The highest BCUT2D eigenvalue weighted by Gasteiger charge is 2.23. The number of hydrogen-bond acceptors (Lipinski definition) is 4. The second kappa shape index (κ2) is 7.10. The van der Waals surface area contributed by atoms with E-state index in [4.69, 9.17) is 4.98 Å². The van der Waals surface area contributed by atoms with Crippen LogP contribution in [0.25, 0.3) is 0 Å². The zero-order valence-corrected chi connectivity index (χ0v) is 14.2. The van der Waals surface area contributed by atoms with Gasteiger partial charge in [-0.3, -0.25) is 0 Å². The third kappa shape index (κ3) is 4.32. The summed E-state index contributed by atoms with van der Waals surface area (Å²) in [5.41, 5.74) is 0. The Morgan fingerprint density at radius 2 is 1.90 bits per heavy atom. The van der Waals surface area contributed by atoms with Gasteiger partial charge in [-0.05, 0) is 24.7 Å². The van der Waals surface area contributed by atoms with Gasteiger partial charge >= 0.3 is 0 Å². The lowest BCUT2D eigenvalue weighted by molar-refractivity contribution is 0.355. The SMILES string of the molecule is CCCNc1cc(N2CC(C)CC(C)C2)nc(C(C)C)n1. The highest BCUT2D eigenvalue weighted by atomic mass is 15.2. The van der Waals surface area contributed by atoms with E-state index in [9.17, 15) is 0 Å². The van der Waals surface area contributed by atoms with E-state index in [-0.39, 0.29) is 0 Å². The summed E-state index contributed by atoms with van der Waals surface area (Å²) in [6.07, 6.45) is 2.42. The largest absolute Gasteiger partial charge is 0.370 e. The van der Waals surface area contributed by atoms with Crippen LogP contribution in [-0.2, 0) is 0 Å². The Labute approximate surface area is 129 Å². The number of piperidine rings is 1. The summed E-state index contributed by atoms with van der Waals surface area (Å²) in [5, 5.41) is 3.41. The van der Waals surface area contributed by atoms with E-state index in [1.165, 1.54) is 6.42 Å². The molecular formula is C17H30N4. The Bertz CT molecular complexity index is 448. The first-order valence-electron chi connectivity index (χ1n) is 8.37. The van der Waals surface area contributed by atoms with E-state index in [0.29, 0.717) is 5.92 Å². The van der Waals surface area contributed by atoms with E-state index in [2.05, 4.69) is 55.9 Å². The van der Waals surface area contributed by atoms with Crippen molar-refractivity contribution in [2.45, 2.75) is 53.4 Å². The van der Waals surface area contributed by atoms with Crippen molar-refractivity contribution in [2.75, 3.05) is 29.9 Å². The molecule has 0 bridgehead atoms. The molecule has 2 rings (SSSR count). The standard InChI is InChI=1S/C17H30N4/c1-6-7-18-15-9-16(20-17(19-15)12(2)3)21-10-13(4)8-14(5)11-21/h9,12-14H,6-8,10-11H2,1-5H3,(H,18,19,20). The van der Waals surface area contributed by atoms with Crippen LogP contribution >= 0.6 is 0 Å². The van der Waals surface area contributed by atoms with Crippen LogP contribution < -0.4 is 10.2 Å². The monoisotopic (exact) mass is 290 g/mol. The Morgan fingerprint density at radius 1 is 1.24 bits per heavy atom. The smallest absolute Gasteiger partial charge is 0.135 e. The lowest BCUT2D eigenvalue weighted by atomic mass is 9.92. The van der Waals surface area contributed by atoms with Gasteiger partial charge in [0.05, 0.1) is 0 Å². The van der Waals surface area contributed by atoms with Crippen LogP contribution in [0.5, 0.6) is 0 Å². The van der Waals surface area contributed by atoms with E-state index in [0.717, 1.165) is 55.4 Å². The molecule has 1 N–H and O–H groups in total. The number of anilines is 2. The van der Waals surface area contributed by atoms with Gasteiger partial charge < -0.3 is 10.2 Å². The summed E-state index contributed by atoms with van der Waals surface area (Å²) in [6.45, 7) is 14.3. The van der Waals surface area contributed by atoms with Crippen molar-refractivity contribution in [3.05, 3.63) is 11.9 Å². The molecule has 0 saturated carbocycles. The number of aromatic nitrogens is 2. The topological polar surface area (TPSA) is 41.0 Å². The van der Waals surface area contributed by atoms with Crippen molar-refractivity contribution >= 4 is 11.6 Å². The fraction of sp³-hybridized carbons (Fsp3) is 0.765. The van der Waals surface area contributed by atoms with Crippen LogP contribution in [0.1, 0.15) is 59.2 Å². The van der Waals surface area contributed by atoms with E-state index in [1.807, 2.05) is 0 Å². The zero-order valence-electron chi connectivity index (χ0n) is 14.2. The molecule has 2 heterocycles. The molecule has 2 atom stereocenters. The molecule has 0 amide bonds. The molecule has 4 heteroatoms. The number of nitrogens with one attached hydrogen (secondary N) is 1. The molecule has 0 spiro atoms. The van der Waals surface area contributed by atoms with Crippen molar-refractivity contribution in [1.82, 2.24) is 9.97 Å². The van der Waals surface area contributed by atoms with Gasteiger partial charge in [0.15, 0.2) is 0 Å². The van der Waals surface area contributed by atoms with Gasteiger partial charge in [0.1, 0.15) is 17.5 Å². The maximum absolute atomic E-state index is 4.81. The zero-order chi connectivity index (χ0) is 15.4. The van der Waals surface area contributed by atoms with Crippen molar-refractivity contribution < 1.29 is 0 Å². The van der Waals surface area contributed by atoms with Crippen molar-refractivity contribution in [1.29, 1.82) is 0 Å². The average molecular weight is 290 g/mol. The molecule has 4 nitrogen and oxygen atoms in total. The van der Waals surface area contributed by atoms with Gasteiger partial charge in [-0.2, -0.15) is 0 Å². The molecule has 2 unspecified atom stereocenters. The molecule has 0 radical (unpaired) electrons. The predicted octanol–water partition coefficient (Wildman–Crippen LogP) is 3.90. The van der Waals surface area contributed by atoms with Crippen molar-refractivity contribution in [2.24, 2.45) is 11.8 Å². The summed E-state index contributed by atoms with van der Waals surface area (Å²) < 4.78 is 0. The van der Waals surface area contributed by atoms with Crippen molar-refractivity contribution in [3.63, 3.8) is 0 Å². The number of nitrogens with zero attached hydrogens (tertiary/aromatic N) is 3. The number of hydrogen-bond donors (Lipinski definition) is 1. The molecule has 0 aliphatic carbocycles. The van der Waals surface area contributed by atoms with Crippen LogP contribution in [0, 0.1) is 11.8 Å². The van der Waals surface area contributed by atoms with E-state index < -0.39 is 0 Å². The minimum atomic E-state index is 0.353. The van der Waals surface area contributed by atoms with E-state index >= 15 is 0 Å². The summed E-state index contributed by atoms with van der Waals surface area (Å²) in [6, 6.07) is 2.12. The minimum absolute atomic E-state index is 0.353. The lowest BCUT2D eigenvalue weighted by Crippen LogP contribution is -2.39. The maximum atomic E-state index is 4.81. The predicted molar refractivity (Wildman–Crippen MR) is 90.1 cm³/mol. The highest BCUT2D eigenvalue weighted by Crippen LogP contribution is 2.27. The molecule has 1 aromatic rings. The van der Waals surface area contributed by atoms with Crippen LogP contribution in [0.3, 0.4) is 0 Å². The summed E-state index contributed by atoms with van der Waals surface area (Å²) in [5.74, 6) is 4.82. The second-order valence-corrected chi connectivity index (χ2v) is 6.90. The lowest BCUT2D eigenvalue weighted by Gasteiger charge is -2.36. The van der Waals surface area contributed by atoms with Gasteiger partial charge in [0.2, 0.25) is 0 Å². The molecule has 1 aliphatic rings. The molecule has 0 aromatic carbocycles. The Kier molecular flexibility index (Phi) is 5.43. The third-order valence-corrected chi connectivity index (χ3v) is 4.00. The molecule has 1 aromatic heterocycles. The molecule has 1 aliphatic heterocycles. The summed E-state index contributed by atoms with van der Waals surface area (Å²) in [4.78, 5) is 11.9. The van der Waals surface area contributed by atoms with Crippen molar-refractivity contribution in [3.8, 4) is 0 Å². The average Bonchev–Trinajstić information content (AvgIpc) is 2.43. The Balaban J connectivity index is 2.26. The van der Waals surface area contributed by atoms with Gasteiger partial charge in [-0.1, -0.05) is 34.6 Å². The first-order chi connectivity index (χ1) is 9.99. The molecule has 1 fully saturated rings. The van der Waals surface area contributed by atoms with Gasteiger partial charge in [-0.15, -0.1) is 0 Å². The number of rotatable bonds is 5. The quantitative estimate of drug-likeness (QED) is 0.893. The first-order valence-corrected chi connectivity index (χ1v) is 8.37.